The molecule has 1 aliphatic carbocycles. The molecule has 0 radical (unpaired) electrons. The van der Waals surface area contributed by atoms with Crippen LogP contribution in [-0.4, -0.2) is 44.3 Å². The smallest absolute Gasteiger partial charge is 0.195 e. The summed E-state index contributed by atoms with van der Waals surface area (Å²) in [6.45, 7) is 0.862. The zero-order valence-corrected chi connectivity index (χ0v) is 13.4. The van der Waals surface area contributed by atoms with E-state index >= 15 is 0 Å². The Labute approximate surface area is 130 Å². The van der Waals surface area contributed by atoms with Crippen LogP contribution in [0.1, 0.15) is 25.7 Å². The van der Waals surface area contributed by atoms with Crippen LogP contribution in [0.4, 0.5) is 0 Å². The highest BCUT2D eigenvalue weighted by atomic mass is 32.1. The molecule has 1 aliphatic rings. The van der Waals surface area contributed by atoms with Crippen molar-refractivity contribution in [3.05, 3.63) is 29.2 Å². The molecular weight excluding hydrogens is 282 g/mol. The van der Waals surface area contributed by atoms with E-state index in [1.54, 1.807) is 6.20 Å². The van der Waals surface area contributed by atoms with Gasteiger partial charge in [-0.2, -0.15) is 5.10 Å². The first-order valence-corrected chi connectivity index (χ1v) is 7.77. The number of aromatic amines is 1. The number of aromatic nitrogens is 4. The van der Waals surface area contributed by atoms with Crippen molar-refractivity contribution >= 4 is 12.2 Å². The highest BCUT2D eigenvalue weighted by Gasteiger charge is 2.37. The quantitative estimate of drug-likeness (QED) is 0.882. The van der Waals surface area contributed by atoms with Gasteiger partial charge in [0.1, 0.15) is 5.69 Å². The summed E-state index contributed by atoms with van der Waals surface area (Å²) in [5.74, 6) is 0.828. The van der Waals surface area contributed by atoms with Gasteiger partial charge in [-0.05, 0) is 51.3 Å². The third kappa shape index (κ3) is 2.65. The summed E-state index contributed by atoms with van der Waals surface area (Å²) in [5, 5.41) is 7.31. The van der Waals surface area contributed by atoms with Crippen molar-refractivity contribution in [2.45, 2.75) is 37.8 Å². The maximum Gasteiger partial charge on any atom is 0.195 e. The number of pyridine rings is 1. The molecule has 0 aliphatic heterocycles. The molecule has 112 valence electrons. The lowest BCUT2D eigenvalue weighted by molar-refractivity contribution is 0.134. The lowest BCUT2D eigenvalue weighted by Crippen LogP contribution is -2.45. The van der Waals surface area contributed by atoms with E-state index in [2.05, 4.69) is 38.7 Å². The lowest BCUT2D eigenvalue weighted by Gasteiger charge is -2.36. The Balaban J connectivity index is 2.00. The summed E-state index contributed by atoms with van der Waals surface area (Å²) < 4.78 is 2.77. The fraction of sp³-hybridized carbons (Fsp3) is 0.533. The molecule has 0 amide bonds. The minimum atomic E-state index is 0.172. The summed E-state index contributed by atoms with van der Waals surface area (Å²) >= 11 is 5.44. The Morgan fingerprint density at radius 2 is 2.10 bits per heavy atom. The first-order chi connectivity index (χ1) is 10.1. The number of likely N-dealkylation sites (N-methyl/N-ethyl adjacent to an activating group) is 1. The van der Waals surface area contributed by atoms with Crippen LogP contribution in [0.5, 0.6) is 0 Å². The molecule has 3 rings (SSSR count). The average Bonchev–Trinajstić information content (AvgIpc) is 3.10. The molecule has 1 N–H and O–H groups in total. The Kier molecular flexibility index (Phi) is 3.91. The normalized spacial score (nSPS) is 17.5. The van der Waals surface area contributed by atoms with Crippen LogP contribution in [0.15, 0.2) is 24.4 Å². The Morgan fingerprint density at radius 3 is 2.71 bits per heavy atom. The first-order valence-electron chi connectivity index (χ1n) is 7.36. The second kappa shape index (κ2) is 5.69. The van der Waals surface area contributed by atoms with Gasteiger partial charge in [-0.1, -0.05) is 18.9 Å². The molecule has 1 fully saturated rings. The SMILES string of the molecule is CN(C)C1(Cn2c(-c3ccccn3)n[nH]c2=S)CCCC1. The van der Waals surface area contributed by atoms with E-state index in [0.29, 0.717) is 4.77 Å². The number of hydrogen-bond donors (Lipinski definition) is 1. The van der Waals surface area contributed by atoms with Gasteiger partial charge in [-0.3, -0.25) is 14.6 Å². The molecule has 0 atom stereocenters. The Hall–Kier alpha value is -1.53. The topological polar surface area (TPSA) is 49.7 Å². The van der Waals surface area contributed by atoms with Crippen molar-refractivity contribution < 1.29 is 0 Å². The molecule has 0 spiro atoms. The second-order valence-electron chi connectivity index (χ2n) is 5.98. The van der Waals surface area contributed by atoms with Crippen LogP contribution in [0.25, 0.3) is 11.5 Å². The zero-order chi connectivity index (χ0) is 14.9. The van der Waals surface area contributed by atoms with Gasteiger partial charge in [0.05, 0.1) is 0 Å². The number of H-pyrrole nitrogens is 1. The van der Waals surface area contributed by atoms with Crippen LogP contribution in [0.3, 0.4) is 0 Å². The highest BCUT2D eigenvalue weighted by Crippen LogP contribution is 2.36. The zero-order valence-electron chi connectivity index (χ0n) is 12.5. The highest BCUT2D eigenvalue weighted by molar-refractivity contribution is 7.71. The lowest BCUT2D eigenvalue weighted by atomic mass is 9.96. The van der Waals surface area contributed by atoms with Crippen LogP contribution in [0.2, 0.25) is 0 Å². The molecule has 0 unspecified atom stereocenters. The fourth-order valence-corrected chi connectivity index (χ4v) is 3.43. The average molecular weight is 303 g/mol. The summed E-state index contributed by atoms with van der Waals surface area (Å²) in [5.41, 5.74) is 1.03. The Bertz CT molecular complexity index is 652. The van der Waals surface area contributed by atoms with Gasteiger partial charge in [-0.25, -0.2) is 0 Å². The molecule has 2 heterocycles. The number of rotatable bonds is 4. The molecule has 5 nitrogen and oxygen atoms in total. The molecule has 2 aromatic rings. The third-order valence-electron chi connectivity index (χ3n) is 4.59. The van der Waals surface area contributed by atoms with Crippen molar-refractivity contribution in [3.63, 3.8) is 0 Å². The maximum absolute atomic E-state index is 5.44. The van der Waals surface area contributed by atoms with Crippen molar-refractivity contribution in [2.24, 2.45) is 0 Å². The van der Waals surface area contributed by atoms with Crippen LogP contribution < -0.4 is 0 Å². The fourth-order valence-electron chi connectivity index (χ4n) is 3.23. The molecule has 2 aromatic heterocycles. The molecule has 1 saturated carbocycles. The number of hydrogen-bond acceptors (Lipinski definition) is 4. The number of nitrogens with one attached hydrogen (secondary N) is 1. The molecule has 0 bridgehead atoms. The van der Waals surface area contributed by atoms with Gasteiger partial charge in [0, 0.05) is 18.3 Å². The monoisotopic (exact) mass is 303 g/mol. The van der Waals surface area contributed by atoms with Gasteiger partial charge < -0.3 is 4.90 Å². The van der Waals surface area contributed by atoms with Gasteiger partial charge >= 0.3 is 0 Å². The molecule has 0 aromatic carbocycles. The minimum Gasteiger partial charge on any atom is -0.302 e. The van der Waals surface area contributed by atoms with E-state index in [1.165, 1.54) is 25.7 Å². The largest absolute Gasteiger partial charge is 0.302 e. The van der Waals surface area contributed by atoms with Crippen LogP contribution in [0, 0.1) is 4.77 Å². The van der Waals surface area contributed by atoms with Crippen molar-refractivity contribution in [1.82, 2.24) is 24.6 Å². The van der Waals surface area contributed by atoms with Crippen molar-refractivity contribution in [1.29, 1.82) is 0 Å². The van der Waals surface area contributed by atoms with E-state index in [-0.39, 0.29) is 5.54 Å². The third-order valence-corrected chi connectivity index (χ3v) is 4.90. The maximum atomic E-state index is 5.44. The van der Waals surface area contributed by atoms with Gasteiger partial charge in [0.25, 0.3) is 0 Å². The van der Waals surface area contributed by atoms with Gasteiger partial charge in [-0.15, -0.1) is 0 Å². The summed E-state index contributed by atoms with van der Waals surface area (Å²) in [4.78, 5) is 6.75. The van der Waals surface area contributed by atoms with Crippen molar-refractivity contribution in [2.75, 3.05) is 14.1 Å². The molecular formula is C15H21N5S. The summed E-state index contributed by atoms with van der Waals surface area (Å²) in [6.07, 6.45) is 6.75. The van der Waals surface area contributed by atoms with Gasteiger partial charge in [0.2, 0.25) is 0 Å². The van der Waals surface area contributed by atoms with E-state index in [4.69, 9.17) is 12.2 Å². The standard InChI is InChI=1S/C15H21N5S/c1-19(2)15(8-4-5-9-15)11-20-13(17-18-14(20)21)12-7-3-6-10-16-12/h3,6-7,10H,4-5,8-9,11H2,1-2H3,(H,18,21). The predicted molar refractivity (Wildman–Crippen MR) is 85.5 cm³/mol. The Morgan fingerprint density at radius 1 is 1.33 bits per heavy atom. The van der Waals surface area contributed by atoms with E-state index in [0.717, 1.165) is 18.1 Å². The molecule has 21 heavy (non-hydrogen) atoms. The molecule has 0 saturated heterocycles. The predicted octanol–water partition coefficient (Wildman–Crippen LogP) is 2.88. The van der Waals surface area contributed by atoms with Crippen molar-refractivity contribution in [3.8, 4) is 11.5 Å². The summed E-state index contributed by atoms with van der Waals surface area (Å²) in [7, 11) is 4.32. The second-order valence-corrected chi connectivity index (χ2v) is 6.37. The summed E-state index contributed by atoms with van der Waals surface area (Å²) in [6, 6.07) is 5.85. The molecule has 6 heteroatoms. The van der Waals surface area contributed by atoms with E-state index in [1.807, 2.05) is 18.2 Å². The van der Waals surface area contributed by atoms with Crippen LogP contribution >= 0.6 is 12.2 Å². The van der Waals surface area contributed by atoms with Crippen LogP contribution in [-0.2, 0) is 6.54 Å². The van der Waals surface area contributed by atoms with E-state index < -0.39 is 0 Å². The van der Waals surface area contributed by atoms with E-state index in [9.17, 15) is 0 Å². The van der Waals surface area contributed by atoms with Gasteiger partial charge in [0.15, 0.2) is 10.6 Å². The first kappa shape index (κ1) is 14.4. The minimum absolute atomic E-state index is 0.172. The number of nitrogens with zero attached hydrogens (tertiary/aromatic N) is 4.